The summed E-state index contributed by atoms with van der Waals surface area (Å²) >= 11 is 0. The summed E-state index contributed by atoms with van der Waals surface area (Å²) in [7, 11) is 0.455. The van der Waals surface area contributed by atoms with Crippen molar-refractivity contribution in [3.05, 3.63) is 127 Å². The molecule has 5 aromatic rings. The maximum absolute atomic E-state index is 3.61. The molecule has 0 amide bonds. The van der Waals surface area contributed by atoms with Crippen LogP contribution in [0.2, 0.25) is 0 Å². The summed E-state index contributed by atoms with van der Waals surface area (Å²) in [6.07, 6.45) is 0. The second kappa shape index (κ2) is 9.04. The molecular weight excluding hydrogens is 395 g/mol. The highest BCUT2D eigenvalue weighted by molar-refractivity contribution is 7.50. The van der Waals surface area contributed by atoms with Crippen molar-refractivity contribution in [3.63, 3.8) is 0 Å². The second-order valence-electron chi connectivity index (χ2n) is 7.32. The predicted molar refractivity (Wildman–Crippen MR) is 137 cm³/mol. The van der Waals surface area contributed by atoms with E-state index in [1.807, 2.05) is 6.07 Å². The molecule has 5 rings (SSSR count). The highest BCUT2D eigenvalue weighted by Gasteiger charge is 2.15. The first-order chi connectivity index (χ1) is 15.4. The summed E-state index contributed by atoms with van der Waals surface area (Å²) in [5.74, 6) is 0. The molecule has 0 aliphatic carbocycles. The van der Waals surface area contributed by atoms with Gasteiger partial charge in [-0.3, -0.25) is 0 Å². The van der Waals surface area contributed by atoms with E-state index in [9.17, 15) is 0 Å². The quantitative estimate of drug-likeness (QED) is 0.285. The van der Waals surface area contributed by atoms with Gasteiger partial charge in [-0.25, -0.2) is 0 Å². The third-order valence-corrected chi connectivity index (χ3v) is 6.63. The maximum atomic E-state index is 3.61. The lowest BCUT2D eigenvalue weighted by Crippen LogP contribution is -2.13. The largest absolute Gasteiger partial charge is 0.354 e. The van der Waals surface area contributed by atoms with Gasteiger partial charge in [0.1, 0.15) is 0 Å². The molecule has 0 bridgehead atoms. The normalized spacial score (nSPS) is 11.1. The van der Waals surface area contributed by atoms with E-state index in [-0.39, 0.29) is 0 Å². The molecule has 0 aliphatic rings. The number of anilines is 4. The summed E-state index contributed by atoms with van der Waals surface area (Å²) in [6.45, 7) is 0. The molecule has 1 N–H and O–H groups in total. The van der Waals surface area contributed by atoms with E-state index in [1.54, 1.807) is 0 Å². The second-order valence-corrected chi connectivity index (χ2v) is 8.53. The topological polar surface area (TPSA) is 15.3 Å². The summed E-state index contributed by atoms with van der Waals surface area (Å²) in [5, 5.41) is 7.52. The Labute approximate surface area is 185 Å². The van der Waals surface area contributed by atoms with Crippen molar-refractivity contribution in [3.8, 4) is 0 Å². The van der Waals surface area contributed by atoms with Gasteiger partial charge in [0.2, 0.25) is 0 Å². The van der Waals surface area contributed by atoms with Gasteiger partial charge in [-0.2, -0.15) is 0 Å². The molecular formula is C28H23N2P. The first-order valence-corrected chi connectivity index (χ1v) is 11.3. The van der Waals surface area contributed by atoms with Crippen molar-refractivity contribution in [2.45, 2.75) is 0 Å². The number of rotatable bonds is 6. The minimum Gasteiger partial charge on any atom is -0.354 e. The number of para-hydroxylation sites is 4. The molecule has 0 fully saturated rings. The third kappa shape index (κ3) is 4.30. The van der Waals surface area contributed by atoms with E-state index in [4.69, 9.17) is 0 Å². The zero-order valence-corrected chi connectivity index (χ0v) is 18.1. The van der Waals surface area contributed by atoms with Crippen LogP contribution in [0.3, 0.4) is 0 Å². The first kappa shape index (κ1) is 19.4. The molecule has 0 saturated carbocycles. The summed E-state index contributed by atoms with van der Waals surface area (Å²) in [4.78, 5) is 0. The van der Waals surface area contributed by atoms with Gasteiger partial charge in [0.15, 0.2) is 0 Å². The molecule has 0 aromatic heterocycles. The SMILES string of the molecule is c1ccc(Nc2ccccc2N(Pc2cccc3ccccc23)c2ccccc2)cc1. The Hall–Kier alpha value is -3.61. The van der Waals surface area contributed by atoms with Crippen LogP contribution in [0.4, 0.5) is 22.7 Å². The summed E-state index contributed by atoms with van der Waals surface area (Å²) in [5.41, 5.74) is 4.50. The van der Waals surface area contributed by atoms with Gasteiger partial charge in [0, 0.05) is 25.4 Å². The molecule has 0 spiro atoms. The summed E-state index contributed by atoms with van der Waals surface area (Å²) in [6, 6.07) is 44.7. The monoisotopic (exact) mass is 418 g/mol. The molecule has 2 nitrogen and oxygen atoms in total. The highest BCUT2D eigenvalue weighted by Crippen LogP contribution is 2.41. The molecule has 3 heteroatoms. The smallest absolute Gasteiger partial charge is 0.0684 e. The van der Waals surface area contributed by atoms with Gasteiger partial charge >= 0.3 is 0 Å². The lowest BCUT2D eigenvalue weighted by atomic mass is 10.1. The number of benzene rings is 5. The predicted octanol–water partition coefficient (Wildman–Crippen LogP) is 7.64. The van der Waals surface area contributed by atoms with Gasteiger partial charge in [0.25, 0.3) is 0 Å². The van der Waals surface area contributed by atoms with Gasteiger partial charge in [0.05, 0.1) is 11.4 Å². The zero-order chi connectivity index (χ0) is 20.9. The van der Waals surface area contributed by atoms with Crippen molar-refractivity contribution in [1.29, 1.82) is 0 Å². The van der Waals surface area contributed by atoms with Crippen LogP contribution in [-0.4, -0.2) is 0 Å². The van der Waals surface area contributed by atoms with Gasteiger partial charge in [-0.15, -0.1) is 0 Å². The van der Waals surface area contributed by atoms with Crippen LogP contribution in [0.1, 0.15) is 0 Å². The van der Waals surface area contributed by atoms with E-state index in [2.05, 4.69) is 131 Å². The fourth-order valence-corrected chi connectivity index (χ4v) is 5.09. The number of nitrogens with one attached hydrogen (secondary N) is 1. The van der Waals surface area contributed by atoms with Crippen LogP contribution >= 0.6 is 8.73 Å². The average molecular weight is 418 g/mol. The van der Waals surface area contributed by atoms with Crippen LogP contribution in [0.25, 0.3) is 10.8 Å². The first-order valence-electron chi connectivity index (χ1n) is 10.4. The Morgan fingerprint density at radius 2 is 1.19 bits per heavy atom. The van der Waals surface area contributed by atoms with Crippen LogP contribution in [0.15, 0.2) is 127 Å². The van der Waals surface area contributed by atoms with Crippen LogP contribution in [0.5, 0.6) is 0 Å². The third-order valence-electron chi connectivity index (χ3n) is 5.23. The lowest BCUT2D eigenvalue weighted by Gasteiger charge is -2.28. The Morgan fingerprint density at radius 1 is 0.548 bits per heavy atom. The van der Waals surface area contributed by atoms with Crippen LogP contribution in [0, 0.1) is 0 Å². The Bertz CT molecular complexity index is 1280. The fraction of sp³-hybridized carbons (Fsp3) is 0. The van der Waals surface area contributed by atoms with E-state index in [0.29, 0.717) is 8.73 Å². The number of hydrogen-bond donors (Lipinski definition) is 1. The van der Waals surface area contributed by atoms with Crippen LogP contribution in [-0.2, 0) is 0 Å². The summed E-state index contributed by atoms with van der Waals surface area (Å²) < 4.78 is 2.41. The molecule has 31 heavy (non-hydrogen) atoms. The molecule has 0 radical (unpaired) electrons. The molecule has 5 aromatic carbocycles. The molecule has 0 saturated heterocycles. The number of nitrogens with zero attached hydrogens (tertiary/aromatic N) is 1. The molecule has 1 unspecified atom stereocenters. The van der Waals surface area contributed by atoms with Crippen molar-refractivity contribution in [2.75, 3.05) is 9.99 Å². The Balaban J connectivity index is 1.60. The number of fused-ring (bicyclic) bond motifs is 1. The Morgan fingerprint density at radius 3 is 2.03 bits per heavy atom. The van der Waals surface area contributed by atoms with Crippen LogP contribution < -0.4 is 15.3 Å². The Kier molecular flexibility index (Phi) is 5.64. The maximum Gasteiger partial charge on any atom is 0.0684 e. The van der Waals surface area contributed by atoms with Gasteiger partial charge in [-0.1, -0.05) is 91.0 Å². The standard InChI is InChI=1S/C28H23N2P/c1-3-14-23(15-4-1)29-26-19-9-10-20-27(26)30(24-16-5-2-6-17-24)31-28-21-11-13-22-12-7-8-18-25(22)28/h1-21,29,31H. The van der Waals surface area contributed by atoms with E-state index in [0.717, 1.165) is 17.1 Å². The minimum atomic E-state index is 0.455. The van der Waals surface area contributed by atoms with Crippen molar-refractivity contribution < 1.29 is 0 Å². The molecule has 150 valence electrons. The van der Waals surface area contributed by atoms with E-state index >= 15 is 0 Å². The average Bonchev–Trinajstić information content (AvgIpc) is 2.84. The lowest BCUT2D eigenvalue weighted by molar-refractivity contribution is 1.41. The number of hydrogen-bond acceptors (Lipinski definition) is 2. The van der Waals surface area contributed by atoms with Gasteiger partial charge < -0.3 is 9.99 Å². The van der Waals surface area contributed by atoms with Crippen molar-refractivity contribution >= 4 is 47.6 Å². The zero-order valence-electron chi connectivity index (χ0n) is 17.1. The van der Waals surface area contributed by atoms with Gasteiger partial charge in [-0.05, 0) is 47.2 Å². The highest BCUT2D eigenvalue weighted by atomic mass is 31.1. The van der Waals surface area contributed by atoms with Crippen molar-refractivity contribution in [1.82, 2.24) is 0 Å². The molecule has 1 atom stereocenters. The van der Waals surface area contributed by atoms with Crippen molar-refractivity contribution in [2.24, 2.45) is 0 Å². The van der Waals surface area contributed by atoms with E-state index < -0.39 is 0 Å². The minimum absolute atomic E-state index is 0.455. The fourth-order valence-electron chi connectivity index (χ4n) is 3.74. The molecule has 0 aliphatic heterocycles. The van der Waals surface area contributed by atoms with E-state index in [1.165, 1.54) is 21.8 Å². The molecule has 0 heterocycles.